The van der Waals surface area contributed by atoms with Crippen molar-refractivity contribution in [1.82, 2.24) is 0 Å². The number of fused-ring (bicyclic) bond motifs is 3. The average molecular weight is 330 g/mol. The SMILES string of the molecule is O=C(OCC1CCCCO1)c1cc2c(s1)-c1ccccc1OC2. The van der Waals surface area contributed by atoms with Gasteiger partial charge in [0.2, 0.25) is 0 Å². The Bertz CT molecular complexity index is 716. The number of carbonyl (C=O) groups is 1. The van der Waals surface area contributed by atoms with Crippen LogP contribution in [0.2, 0.25) is 0 Å². The van der Waals surface area contributed by atoms with Crippen molar-refractivity contribution in [2.24, 2.45) is 0 Å². The molecule has 1 fully saturated rings. The number of rotatable bonds is 3. The second-order valence-corrected chi connectivity index (χ2v) is 6.89. The molecule has 0 N–H and O–H groups in total. The summed E-state index contributed by atoms with van der Waals surface area (Å²) in [5, 5.41) is 0. The molecular formula is C18H18O4S. The fraction of sp³-hybridized carbons (Fsp3) is 0.389. The number of carbonyl (C=O) groups excluding carboxylic acids is 1. The number of para-hydroxylation sites is 1. The van der Waals surface area contributed by atoms with E-state index in [4.69, 9.17) is 14.2 Å². The molecule has 1 aromatic carbocycles. The van der Waals surface area contributed by atoms with Crippen LogP contribution in [0.25, 0.3) is 10.4 Å². The number of esters is 1. The first-order valence-electron chi connectivity index (χ1n) is 7.95. The van der Waals surface area contributed by atoms with Gasteiger partial charge in [-0.05, 0) is 37.5 Å². The molecule has 0 aliphatic carbocycles. The molecule has 120 valence electrons. The van der Waals surface area contributed by atoms with Crippen molar-refractivity contribution in [2.45, 2.75) is 32.0 Å². The Kier molecular flexibility index (Phi) is 4.06. The second kappa shape index (κ2) is 6.34. The van der Waals surface area contributed by atoms with Crippen LogP contribution >= 0.6 is 11.3 Å². The minimum Gasteiger partial charge on any atom is -0.488 e. The lowest BCUT2D eigenvalue weighted by Crippen LogP contribution is -2.25. The van der Waals surface area contributed by atoms with Crippen molar-refractivity contribution < 1.29 is 19.0 Å². The molecule has 4 rings (SSSR count). The summed E-state index contributed by atoms with van der Waals surface area (Å²) in [6.07, 6.45) is 3.26. The molecule has 1 aromatic heterocycles. The smallest absolute Gasteiger partial charge is 0.348 e. The summed E-state index contributed by atoms with van der Waals surface area (Å²) in [6.45, 7) is 1.61. The molecule has 23 heavy (non-hydrogen) atoms. The summed E-state index contributed by atoms with van der Waals surface area (Å²) < 4.78 is 16.8. The van der Waals surface area contributed by atoms with Crippen LogP contribution in [-0.2, 0) is 16.1 Å². The number of hydrogen-bond donors (Lipinski definition) is 0. The van der Waals surface area contributed by atoms with E-state index in [9.17, 15) is 4.79 Å². The monoisotopic (exact) mass is 330 g/mol. The Balaban J connectivity index is 1.48. The van der Waals surface area contributed by atoms with Crippen molar-refractivity contribution >= 4 is 17.3 Å². The average Bonchev–Trinajstić information content (AvgIpc) is 3.05. The van der Waals surface area contributed by atoms with Crippen LogP contribution in [0.15, 0.2) is 30.3 Å². The van der Waals surface area contributed by atoms with Gasteiger partial charge in [0, 0.05) is 22.6 Å². The molecule has 2 aliphatic heterocycles. The van der Waals surface area contributed by atoms with Crippen LogP contribution in [0.3, 0.4) is 0 Å². The first-order valence-corrected chi connectivity index (χ1v) is 8.76. The Morgan fingerprint density at radius 3 is 3.09 bits per heavy atom. The van der Waals surface area contributed by atoms with Crippen molar-refractivity contribution in [2.75, 3.05) is 13.2 Å². The van der Waals surface area contributed by atoms with Crippen molar-refractivity contribution in [3.8, 4) is 16.2 Å². The molecule has 5 heteroatoms. The minimum absolute atomic E-state index is 0.0475. The summed E-state index contributed by atoms with van der Waals surface area (Å²) in [5.41, 5.74) is 2.10. The predicted molar refractivity (Wildman–Crippen MR) is 88.0 cm³/mol. The van der Waals surface area contributed by atoms with E-state index in [-0.39, 0.29) is 12.1 Å². The summed E-state index contributed by atoms with van der Waals surface area (Å²) in [7, 11) is 0. The lowest BCUT2D eigenvalue weighted by molar-refractivity contribution is -0.0298. The van der Waals surface area contributed by atoms with Crippen LogP contribution in [0.1, 0.15) is 34.5 Å². The molecule has 3 heterocycles. The number of ether oxygens (including phenoxy) is 3. The molecule has 2 aliphatic rings. The number of benzene rings is 1. The zero-order chi connectivity index (χ0) is 15.6. The maximum Gasteiger partial charge on any atom is 0.348 e. The topological polar surface area (TPSA) is 44.8 Å². The Morgan fingerprint density at radius 2 is 2.22 bits per heavy atom. The van der Waals surface area contributed by atoms with E-state index in [1.165, 1.54) is 11.3 Å². The van der Waals surface area contributed by atoms with Crippen molar-refractivity contribution in [3.05, 3.63) is 40.8 Å². The van der Waals surface area contributed by atoms with E-state index < -0.39 is 0 Å². The third-order valence-corrected chi connectivity index (χ3v) is 5.39. The van der Waals surface area contributed by atoms with Gasteiger partial charge in [-0.3, -0.25) is 0 Å². The van der Waals surface area contributed by atoms with Gasteiger partial charge in [-0.2, -0.15) is 0 Å². The van der Waals surface area contributed by atoms with Gasteiger partial charge in [-0.25, -0.2) is 4.79 Å². The highest BCUT2D eigenvalue weighted by Gasteiger charge is 2.24. The highest BCUT2D eigenvalue weighted by molar-refractivity contribution is 7.17. The standard InChI is InChI=1S/C18H18O4S/c19-18(22-11-13-5-3-4-8-20-13)16-9-12-10-21-15-7-2-1-6-14(15)17(12)23-16/h1-2,6-7,9,13H,3-5,8,10-11H2. The highest BCUT2D eigenvalue weighted by atomic mass is 32.1. The normalized spacial score (nSPS) is 19.4. The molecule has 1 atom stereocenters. The number of hydrogen-bond acceptors (Lipinski definition) is 5. The zero-order valence-electron chi connectivity index (χ0n) is 12.7. The Morgan fingerprint density at radius 1 is 1.30 bits per heavy atom. The van der Waals surface area contributed by atoms with Crippen LogP contribution in [0, 0.1) is 0 Å². The van der Waals surface area contributed by atoms with Gasteiger partial charge < -0.3 is 14.2 Å². The summed E-state index contributed by atoms with van der Waals surface area (Å²) >= 11 is 1.48. The van der Waals surface area contributed by atoms with Crippen LogP contribution in [0.4, 0.5) is 0 Å². The molecule has 1 saturated heterocycles. The Hall–Kier alpha value is -1.85. The second-order valence-electron chi connectivity index (χ2n) is 5.84. The lowest BCUT2D eigenvalue weighted by atomic mass is 10.1. The van der Waals surface area contributed by atoms with E-state index in [2.05, 4.69) is 0 Å². The third kappa shape index (κ3) is 2.99. The van der Waals surface area contributed by atoms with Gasteiger partial charge in [0.15, 0.2) is 0 Å². The first-order chi connectivity index (χ1) is 11.3. The van der Waals surface area contributed by atoms with Crippen LogP contribution < -0.4 is 4.74 Å². The van der Waals surface area contributed by atoms with Gasteiger partial charge in [0.25, 0.3) is 0 Å². The third-order valence-electron chi connectivity index (χ3n) is 4.20. The van der Waals surface area contributed by atoms with Gasteiger partial charge in [-0.15, -0.1) is 11.3 Å². The highest BCUT2D eigenvalue weighted by Crippen LogP contribution is 2.42. The van der Waals surface area contributed by atoms with Gasteiger partial charge in [0.1, 0.15) is 23.8 Å². The Labute approximate surface area is 139 Å². The zero-order valence-corrected chi connectivity index (χ0v) is 13.6. The molecule has 0 bridgehead atoms. The fourth-order valence-corrected chi connectivity index (χ4v) is 4.07. The van der Waals surface area contributed by atoms with Gasteiger partial charge >= 0.3 is 5.97 Å². The molecule has 4 nitrogen and oxygen atoms in total. The summed E-state index contributed by atoms with van der Waals surface area (Å²) in [5.74, 6) is 0.605. The predicted octanol–water partition coefficient (Wildman–Crippen LogP) is 4.03. The molecule has 0 spiro atoms. The van der Waals surface area contributed by atoms with E-state index in [0.29, 0.717) is 18.1 Å². The molecular weight excluding hydrogens is 312 g/mol. The molecule has 2 aromatic rings. The first kappa shape index (κ1) is 14.7. The molecule has 0 radical (unpaired) electrons. The van der Waals surface area contributed by atoms with Gasteiger partial charge in [-0.1, -0.05) is 12.1 Å². The number of thiophene rings is 1. The van der Waals surface area contributed by atoms with Crippen LogP contribution in [0.5, 0.6) is 5.75 Å². The summed E-state index contributed by atoms with van der Waals surface area (Å²) in [4.78, 5) is 14.0. The van der Waals surface area contributed by atoms with Crippen molar-refractivity contribution in [1.29, 1.82) is 0 Å². The maximum atomic E-state index is 12.3. The van der Waals surface area contributed by atoms with Gasteiger partial charge in [0.05, 0.1) is 6.10 Å². The lowest BCUT2D eigenvalue weighted by Gasteiger charge is -2.21. The molecule has 0 amide bonds. The maximum absolute atomic E-state index is 12.3. The van der Waals surface area contributed by atoms with Crippen LogP contribution in [-0.4, -0.2) is 25.3 Å². The van der Waals surface area contributed by atoms with E-state index in [1.807, 2.05) is 30.3 Å². The van der Waals surface area contributed by atoms with E-state index >= 15 is 0 Å². The molecule has 1 unspecified atom stereocenters. The van der Waals surface area contributed by atoms with E-state index in [0.717, 1.165) is 47.6 Å². The fourth-order valence-electron chi connectivity index (χ4n) is 2.98. The van der Waals surface area contributed by atoms with Crippen molar-refractivity contribution in [3.63, 3.8) is 0 Å². The largest absolute Gasteiger partial charge is 0.488 e. The minimum atomic E-state index is -0.268. The quantitative estimate of drug-likeness (QED) is 0.797. The summed E-state index contributed by atoms with van der Waals surface area (Å²) in [6, 6.07) is 9.80. The molecule has 0 saturated carbocycles. The van der Waals surface area contributed by atoms with E-state index in [1.54, 1.807) is 0 Å².